The zero-order valence-electron chi connectivity index (χ0n) is 9.34. The van der Waals surface area contributed by atoms with Gasteiger partial charge in [0.15, 0.2) is 0 Å². The van der Waals surface area contributed by atoms with Crippen molar-refractivity contribution >= 4 is 0 Å². The van der Waals surface area contributed by atoms with Crippen LogP contribution in [0.1, 0.15) is 25.7 Å². The van der Waals surface area contributed by atoms with Gasteiger partial charge in [0.25, 0.3) is 0 Å². The van der Waals surface area contributed by atoms with Crippen molar-refractivity contribution in [2.45, 2.75) is 37.4 Å². The van der Waals surface area contributed by atoms with Crippen LogP contribution in [0.25, 0.3) is 0 Å². The van der Waals surface area contributed by atoms with Gasteiger partial charge in [-0.2, -0.15) is 0 Å². The van der Waals surface area contributed by atoms with Gasteiger partial charge in [-0.05, 0) is 45.3 Å². The summed E-state index contributed by atoms with van der Waals surface area (Å²) in [4.78, 5) is 2.32. The molecule has 1 atom stereocenters. The number of nitrogens with zero attached hydrogens (tertiary/aromatic N) is 1. The van der Waals surface area contributed by atoms with Crippen molar-refractivity contribution in [2.75, 3.05) is 32.7 Å². The zero-order chi connectivity index (χ0) is 10.7. The third-order valence-corrected chi connectivity index (χ3v) is 3.75. The molecule has 4 heteroatoms. The van der Waals surface area contributed by atoms with Gasteiger partial charge in [0.1, 0.15) is 5.67 Å². The fraction of sp³-hybridized carbons (Fsp3) is 1.00. The number of hydrogen-bond acceptors (Lipinski definition) is 3. The van der Waals surface area contributed by atoms with Crippen LogP contribution in [-0.2, 0) is 0 Å². The summed E-state index contributed by atoms with van der Waals surface area (Å²) in [5.41, 5.74) is 4.39. The maximum absolute atomic E-state index is 14.1. The van der Waals surface area contributed by atoms with Crippen LogP contribution in [0.5, 0.6) is 0 Å². The van der Waals surface area contributed by atoms with Crippen LogP contribution in [-0.4, -0.2) is 49.3 Å². The zero-order valence-corrected chi connectivity index (χ0v) is 9.34. The van der Waals surface area contributed by atoms with E-state index in [1.54, 1.807) is 0 Å². The summed E-state index contributed by atoms with van der Waals surface area (Å²) in [6.07, 6.45) is 3.91. The number of piperidine rings is 2. The summed E-state index contributed by atoms with van der Waals surface area (Å²) in [7, 11) is 0. The van der Waals surface area contributed by atoms with E-state index in [2.05, 4.69) is 10.2 Å². The third-order valence-electron chi connectivity index (χ3n) is 3.75. The fourth-order valence-corrected chi connectivity index (χ4v) is 2.77. The number of likely N-dealkylation sites (tertiary alicyclic amines) is 1. The number of halogens is 1. The molecule has 0 radical (unpaired) electrons. The van der Waals surface area contributed by atoms with E-state index < -0.39 is 5.67 Å². The smallest absolute Gasteiger partial charge is 0.135 e. The lowest BCUT2D eigenvalue weighted by molar-refractivity contribution is 0.0205. The van der Waals surface area contributed by atoms with Gasteiger partial charge in [-0.1, -0.05) is 0 Å². The lowest BCUT2D eigenvalue weighted by atomic mass is 9.92. The molecule has 15 heavy (non-hydrogen) atoms. The first-order chi connectivity index (χ1) is 7.23. The highest BCUT2D eigenvalue weighted by molar-refractivity contribution is 4.91. The van der Waals surface area contributed by atoms with Crippen molar-refractivity contribution in [1.82, 2.24) is 10.2 Å². The molecule has 0 amide bonds. The van der Waals surface area contributed by atoms with Crippen LogP contribution in [0.2, 0.25) is 0 Å². The van der Waals surface area contributed by atoms with Crippen molar-refractivity contribution in [3.8, 4) is 0 Å². The number of nitrogens with one attached hydrogen (secondary N) is 1. The number of rotatable bonds is 2. The largest absolute Gasteiger partial charge is 0.327 e. The van der Waals surface area contributed by atoms with Crippen LogP contribution < -0.4 is 11.1 Å². The molecule has 2 aliphatic heterocycles. The van der Waals surface area contributed by atoms with E-state index in [-0.39, 0.29) is 6.54 Å². The van der Waals surface area contributed by atoms with Gasteiger partial charge in [-0.25, -0.2) is 4.39 Å². The molecule has 0 saturated carbocycles. The Balaban J connectivity index is 1.91. The van der Waals surface area contributed by atoms with Crippen LogP contribution in [0.4, 0.5) is 4.39 Å². The molecule has 0 aromatic carbocycles. The van der Waals surface area contributed by atoms with Gasteiger partial charge >= 0.3 is 0 Å². The third kappa shape index (κ3) is 2.68. The SMILES string of the molecule is NCC1(F)CCCN(C2CCNCC2)C1. The summed E-state index contributed by atoms with van der Waals surface area (Å²) >= 11 is 0. The number of nitrogens with two attached hydrogens (primary N) is 1. The standard InChI is InChI=1S/C11H22FN3/c12-11(8-13)4-1-7-15(9-11)10-2-5-14-6-3-10/h10,14H,1-9,13H2. The molecule has 0 aromatic heterocycles. The molecule has 0 bridgehead atoms. The van der Waals surface area contributed by atoms with Crippen LogP contribution in [0.3, 0.4) is 0 Å². The summed E-state index contributed by atoms with van der Waals surface area (Å²) in [5, 5.41) is 3.34. The van der Waals surface area contributed by atoms with Crippen molar-refractivity contribution in [3.63, 3.8) is 0 Å². The predicted octanol–water partition coefficient (Wildman–Crippen LogP) is 0.501. The molecule has 2 saturated heterocycles. The Morgan fingerprint density at radius 3 is 2.80 bits per heavy atom. The fourth-order valence-electron chi connectivity index (χ4n) is 2.77. The van der Waals surface area contributed by atoms with Crippen molar-refractivity contribution in [1.29, 1.82) is 0 Å². The van der Waals surface area contributed by atoms with E-state index in [4.69, 9.17) is 5.73 Å². The second kappa shape index (κ2) is 4.76. The highest BCUT2D eigenvalue weighted by atomic mass is 19.1. The minimum absolute atomic E-state index is 0.175. The minimum Gasteiger partial charge on any atom is -0.327 e. The van der Waals surface area contributed by atoms with E-state index in [0.29, 0.717) is 19.0 Å². The maximum Gasteiger partial charge on any atom is 0.135 e. The van der Waals surface area contributed by atoms with Gasteiger partial charge in [0.05, 0.1) is 0 Å². The van der Waals surface area contributed by atoms with Crippen molar-refractivity contribution < 1.29 is 4.39 Å². The van der Waals surface area contributed by atoms with Gasteiger partial charge in [-0.15, -0.1) is 0 Å². The molecule has 2 fully saturated rings. The molecular weight excluding hydrogens is 193 g/mol. The van der Waals surface area contributed by atoms with Crippen LogP contribution in [0.15, 0.2) is 0 Å². The van der Waals surface area contributed by atoms with E-state index in [1.807, 2.05) is 0 Å². The summed E-state index contributed by atoms with van der Waals surface area (Å²) in [6.45, 7) is 3.92. The first kappa shape index (κ1) is 11.3. The lowest BCUT2D eigenvalue weighted by Gasteiger charge is -2.42. The first-order valence-electron chi connectivity index (χ1n) is 6.07. The Kier molecular flexibility index (Phi) is 3.59. The van der Waals surface area contributed by atoms with Crippen LogP contribution >= 0.6 is 0 Å². The highest BCUT2D eigenvalue weighted by Crippen LogP contribution is 2.27. The second-order valence-electron chi connectivity index (χ2n) is 4.91. The van der Waals surface area contributed by atoms with Gasteiger partial charge in [-0.3, -0.25) is 4.90 Å². The van der Waals surface area contributed by atoms with E-state index in [9.17, 15) is 4.39 Å². The van der Waals surface area contributed by atoms with Gasteiger partial charge in [0.2, 0.25) is 0 Å². The monoisotopic (exact) mass is 215 g/mol. The summed E-state index contributed by atoms with van der Waals surface area (Å²) < 4.78 is 14.1. The lowest BCUT2D eigenvalue weighted by Crippen LogP contribution is -2.54. The van der Waals surface area contributed by atoms with Crippen molar-refractivity contribution in [2.24, 2.45) is 5.73 Å². The average molecular weight is 215 g/mol. The number of hydrogen-bond donors (Lipinski definition) is 2. The van der Waals surface area contributed by atoms with E-state index >= 15 is 0 Å². The van der Waals surface area contributed by atoms with E-state index in [0.717, 1.165) is 38.9 Å². The Morgan fingerprint density at radius 2 is 2.13 bits per heavy atom. The quantitative estimate of drug-likeness (QED) is 0.705. The molecule has 2 heterocycles. The molecule has 2 rings (SSSR count). The van der Waals surface area contributed by atoms with Crippen molar-refractivity contribution in [3.05, 3.63) is 0 Å². The average Bonchev–Trinajstić information content (AvgIpc) is 2.30. The maximum atomic E-state index is 14.1. The normalized spacial score (nSPS) is 35.6. The van der Waals surface area contributed by atoms with Gasteiger partial charge < -0.3 is 11.1 Å². The number of alkyl halides is 1. The molecule has 0 spiro atoms. The van der Waals surface area contributed by atoms with Crippen LogP contribution in [0, 0.1) is 0 Å². The Hall–Kier alpha value is -0.190. The minimum atomic E-state index is -1.12. The van der Waals surface area contributed by atoms with Gasteiger partial charge in [0, 0.05) is 19.1 Å². The van der Waals surface area contributed by atoms with E-state index in [1.165, 1.54) is 0 Å². The molecule has 3 nitrogen and oxygen atoms in total. The molecule has 1 unspecified atom stereocenters. The molecular formula is C11H22FN3. The molecule has 88 valence electrons. The molecule has 3 N–H and O–H groups in total. The predicted molar refractivity (Wildman–Crippen MR) is 59.6 cm³/mol. The first-order valence-corrected chi connectivity index (χ1v) is 6.07. The Bertz CT molecular complexity index is 206. The summed E-state index contributed by atoms with van der Waals surface area (Å²) in [6, 6.07) is 0.577. The Morgan fingerprint density at radius 1 is 1.40 bits per heavy atom. The molecule has 0 aromatic rings. The molecule has 2 aliphatic rings. The molecule has 0 aliphatic carbocycles. The Labute approximate surface area is 91.2 Å². The second-order valence-corrected chi connectivity index (χ2v) is 4.91. The highest BCUT2D eigenvalue weighted by Gasteiger charge is 2.36. The summed E-state index contributed by atoms with van der Waals surface area (Å²) in [5.74, 6) is 0. The topological polar surface area (TPSA) is 41.3 Å².